The predicted octanol–water partition coefficient (Wildman–Crippen LogP) is 7.28. The molecule has 268 valence electrons. The van der Waals surface area contributed by atoms with Gasteiger partial charge >= 0.3 is 12.2 Å². The summed E-state index contributed by atoms with van der Waals surface area (Å²) in [5.74, 6) is 0. The van der Waals surface area contributed by atoms with Crippen molar-refractivity contribution in [1.29, 1.82) is 0 Å². The zero-order valence-electron chi connectivity index (χ0n) is 29.7. The third-order valence-corrected chi connectivity index (χ3v) is 9.40. The highest BCUT2D eigenvalue weighted by molar-refractivity contribution is 9.10. The van der Waals surface area contributed by atoms with Crippen LogP contribution in [0.15, 0.2) is 77.7 Å². The van der Waals surface area contributed by atoms with Crippen LogP contribution in [-0.4, -0.2) is 84.2 Å². The van der Waals surface area contributed by atoms with Crippen LogP contribution in [0.25, 0.3) is 16.8 Å². The Morgan fingerprint density at radius 2 is 1.14 bits per heavy atom. The van der Waals surface area contributed by atoms with E-state index in [0.717, 1.165) is 32.4 Å². The molecule has 0 atom stereocenters. The van der Waals surface area contributed by atoms with E-state index in [2.05, 4.69) is 26.0 Å². The molecule has 50 heavy (non-hydrogen) atoms. The Hall–Kier alpha value is -4.00. The van der Waals surface area contributed by atoms with E-state index in [4.69, 9.17) is 9.47 Å². The van der Waals surface area contributed by atoms with Gasteiger partial charge < -0.3 is 29.5 Å². The van der Waals surface area contributed by atoms with Gasteiger partial charge in [0.05, 0.1) is 17.4 Å². The first-order chi connectivity index (χ1) is 23.4. The Morgan fingerprint density at radius 3 is 1.58 bits per heavy atom. The van der Waals surface area contributed by atoms with Crippen molar-refractivity contribution < 1.29 is 29.3 Å². The van der Waals surface area contributed by atoms with Crippen molar-refractivity contribution in [3.05, 3.63) is 88.8 Å². The molecule has 2 N–H and O–H groups in total. The van der Waals surface area contributed by atoms with E-state index in [-0.39, 0.29) is 12.2 Å². The van der Waals surface area contributed by atoms with Crippen LogP contribution in [0.4, 0.5) is 9.59 Å². The molecule has 11 nitrogen and oxygen atoms in total. The van der Waals surface area contributed by atoms with Gasteiger partial charge in [0.1, 0.15) is 11.2 Å². The van der Waals surface area contributed by atoms with Crippen LogP contribution in [0.3, 0.4) is 0 Å². The Bertz CT molecular complexity index is 1760. The number of amides is 2. The number of nitrogens with zero attached hydrogens (tertiary/aromatic N) is 5. The molecule has 2 aliphatic rings. The van der Waals surface area contributed by atoms with Gasteiger partial charge in [-0.05, 0) is 96.0 Å². The minimum Gasteiger partial charge on any atom is -0.444 e. The highest BCUT2D eigenvalue weighted by atomic mass is 79.9. The van der Waals surface area contributed by atoms with E-state index < -0.39 is 22.4 Å². The molecule has 0 radical (unpaired) electrons. The van der Waals surface area contributed by atoms with E-state index in [1.54, 1.807) is 20.5 Å². The maximum absolute atomic E-state index is 12.2. The van der Waals surface area contributed by atoms with Gasteiger partial charge in [-0.2, -0.15) is 5.10 Å². The summed E-state index contributed by atoms with van der Waals surface area (Å²) in [6.07, 6.45) is 6.84. The second-order valence-electron chi connectivity index (χ2n) is 15.1. The molecule has 0 saturated carbocycles. The summed E-state index contributed by atoms with van der Waals surface area (Å²) in [5.41, 5.74) is 1.71. The Balaban J connectivity index is 0.000000205. The van der Waals surface area contributed by atoms with Gasteiger partial charge in [-0.1, -0.05) is 52.3 Å². The summed E-state index contributed by atoms with van der Waals surface area (Å²) in [6, 6.07) is 17.4. The average molecular weight is 751 g/mol. The lowest BCUT2D eigenvalue weighted by molar-refractivity contribution is -0.0366. The molecule has 4 aromatic rings. The number of rotatable bonds is 3. The van der Waals surface area contributed by atoms with Crippen LogP contribution in [0, 0.1) is 0 Å². The molecule has 2 saturated heterocycles. The molecule has 6 rings (SSSR count). The normalized spacial score (nSPS) is 17.5. The first kappa shape index (κ1) is 37.3. The van der Waals surface area contributed by atoms with Gasteiger partial charge in [-0.15, -0.1) is 0 Å². The molecule has 4 heterocycles. The van der Waals surface area contributed by atoms with E-state index >= 15 is 0 Å². The SMILES string of the molecule is CC(C)(C)OC(=O)N1CCC(O)(c2ccc(-c3cnc4ccnn4c3)cc2)CC1.CC(C)(C)OC(=O)N1CCC(O)(c2ccc(Br)cc2)CC1. The van der Waals surface area contributed by atoms with E-state index in [0.29, 0.717) is 51.9 Å². The van der Waals surface area contributed by atoms with E-state index in [9.17, 15) is 19.8 Å². The van der Waals surface area contributed by atoms with Crippen LogP contribution in [-0.2, 0) is 20.7 Å². The monoisotopic (exact) mass is 749 g/mol. The number of ether oxygens (including phenoxy) is 2. The number of benzene rings is 2. The van der Waals surface area contributed by atoms with Crippen molar-refractivity contribution in [2.75, 3.05) is 26.2 Å². The number of aliphatic hydroxyl groups is 2. The fraction of sp³-hybridized carbons (Fsp3) is 0.474. The van der Waals surface area contributed by atoms with Crippen molar-refractivity contribution in [1.82, 2.24) is 24.4 Å². The van der Waals surface area contributed by atoms with Crippen molar-refractivity contribution in [2.45, 2.75) is 89.6 Å². The Morgan fingerprint density at radius 1 is 0.700 bits per heavy atom. The smallest absolute Gasteiger partial charge is 0.410 e. The second-order valence-corrected chi connectivity index (χ2v) is 16.0. The molecular weight excluding hydrogens is 702 g/mol. The topological polar surface area (TPSA) is 130 Å². The Labute approximate surface area is 302 Å². The van der Waals surface area contributed by atoms with Crippen LogP contribution >= 0.6 is 15.9 Å². The number of hydrogen-bond acceptors (Lipinski definition) is 8. The standard InChI is InChI=1S/C22H26N4O3.C16H22BrNO3/c1-21(2,3)29-20(27)25-12-9-22(28,10-13-25)18-6-4-16(5-7-18)17-14-23-19-8-11-24-26(19)15-17;1-15(2,3)21-14(19)18-10-8-16(20,9-11-18)12-4-6-13(17)7-5-12/h4-8,11,14-15,28H,9-10,12-13H2,1-3H3;4-7,20H,8-11H2,1-3H3. The maximum Gasteiger partial charge on any atom is 0.410 e. The number of piperidine rings is 2. The molecule has 2 aromatic heterocycles. The van der Waals surface area contributed by atoms with Crippen LogP contribution < -0.4 is 0 Å². The summed E-state index contributed by atoms with van der Waals surface area (Å²) in [5, 5.41) is 26.1. The number of likely N-dealkylation sites (tertiary alicyclic amines) is 2. The van der Waals surface area contributed by atoms with Crippen molar-refractivity contribution in [3.8, 4) is 11.1 Å². The zero-order chi connectivity index (χ0) is 36.3. The molecule has 0 aliphatic carbocycles. The minimum absolute atomic E-state index is 0.305. The largest absolute Gasteiger partial charge is 0.444 e. The number of fused-ring (bicyclic) bond motifs is 1. The summed E-state index contributed by atoms with van der Waals surface area (Å²) in [6.45, 7) is 13.1. The number of carbonyl (C=O) groups excluding carboxylic acids is 2. The fourth-order valence-corrected chi connectivity index (χ4v) is 6.30. The van der Waals surface area contributed by atoms with Gasteiger partial charge in [0.2, 0.25) is 0 Å². The number of aromatic nitrogens is 3. The van der Waals surface area contributed by atoms with Gasteiger partial charge in [-0.3, -0.25) is 0 Å². The van der Waals surface area contributed by atoms with Crippen molar-refractivity contribution >= 4 is 33.8 Å². The molecule has 0 spiro atoms. The lowest BCUT2D eigenvalue weighted by atomic mass is 9.84. The van der Waals surface area contributed by atoms with Gasteiger partial charge in [-0.25, -0.2) is 19.1 Å². The highest BCUT2D eigenvalue weighted by Gasteiger charge is 2.38. The van der Waals surface area contributed by atoms with Gasteiger partial charge in [0.15, 0.2) is 5.65 Å². The van der Waals surface area contributed by atoms with E-state index in [1.807, 2.05) is 109 Å². The molecule has 2 amide bonds. The second kappa shape index (κ2) is 14.7. The summed E-state index contributed by atoms with van der Waals surface area (Å²) in [4.78, 5) is 32.0. The molecule has 2 fully saturated rings. The number of carbonyl (C=O) groups is 2. The summed E-state index contributed by atoms with van der Waals surface area (Å²) in [7, 11) is 0. The van der Waals surface area contributed by atoms with Crippen molar-refractivity contribution in [3.63, 3.8) is 0 Å². The molecule has 2 aliphatic heterocycles. The van der Waals surface area contributed by atoms with Gasteiger partial charge in [0, 0.05) is 54.7 Å². The fourth-order valence-electron chi connectivity index (χ4n) is 6.04. The zero-order valence-corrected chi connectivity index (χ0v) is 31.3. The first-order valence-electron chi connectivity index (χ1n) is 17.0. The van der Waals surface area contributed by atoms with Gasteiger partial charge in [0.25, 0.3) is 0 Å². The van der Waals surface area contributed by atoms with E-state index in [1.165, 1.54) is 0 Å². The molecule has 12 heteroatoms. The third kappa shape index (κ3) is 9.41. The summed E-state index contributed by atoms with van der Waals surface area (Å²) < 4.78 is 13.5. The highest BCUT2D eigenvalue weighted by Crippen LogP contribution is 2.35. The lowest BCUT2D eigenvalue weighted by Gasteiger charge is -2.39. The number of hydrogen-bond donors (Lipinski definition) is 2. The first-order valence-corrected chi connectivity index (χ1v) is 17.8. The lowest BCUT2D eigenvalue weighted by Crippen LogP contribution is -2.46. The molecule has 0 unspecified atom stereocenters. The van der Waals surface area contributed by atoms with Crippen molar-refractivity contribution in [2.24, 2.45) is 0 Å². The Kier molecular flexibility index (Phi) is 10.9. The summed E-state index contributed by atoms with van der Waals surface area (Å²) >= 11 is 3.39. The predicted molar refractivity (Wildman–Crippen MR) is 194 cm³/mol. The molecular formula is C38H48BrN5O6. The molecule has 2 aromatic carbocycles. The van der Waals surface area contributed by atoms with Crippen LogP contribution in [0.1, 0.15) is 78.4 Å². The van der Waals surface area contributed by atoms with Crippen LogP contribution in [0.2, 0.25) is 0 Å². The minimum atomic E-state index is -0.943. The van der Waals surface area contributed by atoms with Crippen LogP contribution in [0.5, 0.6) is 0 Å². The quantitative estimate of drug-likeness (QED) is 0.224. The average Bonchev–Trinajstić information content (AvgIpc) is 3.53. The third-order valence-electron chi connectivity index (χ3n) is 8.87. The molecule has 0 bridgehead atoms. The maximum atomic E-state index is 12.2. The number of halogens is 1.